The fraction of sp³-hybridized carbons (Fsp3) is 0.417. The SMILES string of the molecule is Clc1cccc(Cl)c1N1CCNCC1.O=C(O)C(F)(F)F. The maximum atomic E-state index is 10.6. The van der Waals surface area contributed by atoms with Gasteiger partial charge in [0, 0.05) is 26.2 Å². The molecule has 0 amide bonds. The summed E-state index contributed by atoms with van der Waals surface area (Å²) in [5, 5.41) is 11.9. The van der Waals surface area contributed by atoms with E-state index in [1.807, 2.05) is 18.2 Å². The average Bonchev–Trinajstić information content (AvgIpc) is 2.39. The van der Waals surface area contributed by atoms with Gasteiger partial charge in [0.2, 0.25) is 0 Å². The van der Waals surface area contributed by atoms with Crippen molar-refractivity contribution in [2.45, 2.75) is 6.18 Å². The summed E-state index contributed by atoms with van der Waals surface area (Å²) in [5.41, 5.74) is 0.970. The van der Waals surface area contributed by atoms with Gasteiger partial charge >= 0.3 is 12.1 Å². The molecular formula is C12H13Cl2F3N2O2. The molecule has 1 aliphatic heterocycles. The van der Waals surface area contributed by atoms with Crippen LogP contribution < -0.4 is 10.2 Å². The zero-order valence-corrected chi connectivity index (χ0v) is 12.3. The molecule has 9 heteroatoms. The van der Waals surface area contributed by atoms with Crippen LogP contribution in [0.5, 0.6) is 0 Å². The Hall–Kier alpha value is -1.18. The first-order valence-electron chi connectivity index (χ1n) is 5.93. The van der Waals surface area contributed by atoms with E-state index in [2.05, 4.69) is 10.2 Å². The molecule has 2 rings (SSSR count). The van der Waals surface area contributed by atoms with Crippen LogP contribution >= 0.6 is 23.2 Å². The Labute approximate surface area is 129 Å². The molecule has 1 aliphatic rings. The maximum absolute atomic E-state index is 10.6. The van der Waals surface area contributed by atoms with E-state index in [0.717, 1.165) is 41.9 Å². The number of para-hydroxylation sites is 1. The lowest BCUT2D eigenvalue weighted by Crippen LogP contribution is -2.43. The fourth-order valence-corrected chi connectivity index (χ4v) is 2.32. The number of hydrogen-bond acceptors (Lipinski definition) is 3. The van der Waals surface area contributed by atoms with Crippen LogP contribution in [0.25, 0.3) is 0 Å². The molecule has 0 unspecified atom stereocenters. The van der Waals surface area contributed by atoms with Crippen molar-refractivity contribution in [3.05, 3.63) is 28.2 Å². The number of carbonyl (C=O) groups is 1. The highest BCUT2D eigenvalue weighted by Gasteiger charge is 2.38. The molecular weight excluding hydrogens is 332 g/mol. The van der Waals surface area contributed by atoms with Crippen molar-refractivity contribution in [2.24, 2.45) is 0 Å². The fourth-order valence-electron chi connectivity index (χ4n) is 1.68. The van der Waals surface area contributed by atoms with Crippen molar-refractivity contribution in [1.29, 1.82) is 0 Å². The van der Waals surface area contributed by atoms with Crippen LogP contribution in [0, 0.1) is 0 Å². The lowest BCUT2D eigenvalue weighted by atomic mass is 10.2. The van der Waals surface area contributed by atoms with Crippen molar-refractivity contribution < 1.29 is 23.1 Å². The number of hydrogen-bond donors (Lipinski definition) is 2. The molecule has 21 heavy (non-hydrogen) atoms. The maximum Gasteiger partial charge on any atom is 0.490 e. The van der Waals surface area contributed by atoms with Crippen molar-refractivity contribution in [3.8, 4) is 0 Å². The number of aliphatic carboxylic acids is 1. The predicted molar refractivity (Wildman–Crippen MR) is 75.2 cm³/mol. The van der Waals surface area contributed by atoms with E-state index in [9.17, 15) is 13.2 Å². The van der Waals surface area contributed by atoms with Crippen LogP contribution in [0.4, 0.5) is 18.9 Å². The minimum atomic E-state index is -5.08. The second kappa shape index (κ2) is 7.72. The standard InChI is InChI=1S/C10H12Cl2N2.C2HF3O2/c11-8-2-1-3-9(12)10(8)14-6-4-13-5-7-14;3-2(4,5)1(6)7/h1-3,13H,4-7H2;(H,6,7). The Morgan fingerprint density at radius 1 is 1.19 bits per heavy atom. The first-order chi connectivity index (χ1) is 9.73. The van der Waals surface area contributed by atoms with Crippen LogP contribution in [-0.4, -0.2) is 43.4 Å². The Kier molecular flexibility index (Phi) is 6.57. The normalized spacial score (nSPS) is 15.2. The summed E-state index contributed by atoms with van der Waals surface area (Å²) in [6.45, 7) is 3.90. The Balaban J connectivity index is 0.000000270. The summed E-state index contributed by atoms with van der Waals surface area (Å²) in [6.07, 6.45) is -5.08. The molecule has 0 spiro atoms. The van der Waals surface area contributed by atoms with E-state index in [1.54, 1.807) is 0 Å². The number of carboxylic acids is 1. The van der Waals surface area contributed by atoms with Crippen LogP contribution in [0.2, 0.25) is 10.0 Å². The molecule has 1 aromatic carbocycles. The highest BCUT2D eigenvalue weighted by molar-refractivity contribution is 6.39. The van der Waals surface area contributed by atoms with Crippen LogP contribution in [0.15, 0.2) is 18.2 Å². The van der Waals surface area contributed by atoms with Gasteiger partial charge in [-0.3, -0.25) is 0 Å². The molecule has 1 saturated heterocycles. The molecule has 2 N–H and O–H groups in total. The number of halogens is 5. The lowest BCUT2D eigenvalue weighted by molar-refractivity contribution is -0.192. The van der Waals surface area contributed by atoms with Crippen molar-refractivity contribution in [3.63, 3.8) is 0 Å². The highest BCUT2D eigenvalue weighted by atomic mass is 35.5. The van der Waals surface area contributed by atoms with Crippen molar-refractivity contribution in [2.75, 3.05) is 31.1 Å². The molecule has 1 fully saturated rings. The van der Waals surface area contributed by atoms with Gasteiger partial charge in [0.15, 0.2) is 0 Å². The number of piperazine rings is 1. The minimum absolute atomic E-state index is 0.736. The first-order valence-corrected chi connectivity index (χ1v) is 6.69. The number of alkyl halides is 3. The van der Waals surface area contributed by atoms with Gasteiger partial charge in [0.1, 0.15) is 0 Å². The van der Waals surface area contributed by atoms with Gasteiger partial charge in [-0.15, -0.1) is 0 Å². The van der Waals surface area contributed by atoms with Gasteiger partial charge < -0.3 is 15.3 Å². The molecule has 0 aliphatic carbocycles. The lowest BCUT2D eigenvalue weighted by Gasteiger charge is -2.30. The molecule has 0 radical (unpaired) electrons. The van der Waals surface area contributed by atoms with E-state index in [0.29, 0.717) is 0 Å². The average molecular weight is 345 g/mol. The molecule has 1 aromatic rings. The summed E-state index contributed by atoms with van der Waals surface area (Å²) in [7, 11) is 0. The van der Waals surface area contributed by atoms with Gasteiger partial charge in [-0.2, -0.15) is 13.2 Å². The van der Waals surface area contributed by atoms with E-state index in [-0.39, 0.29) is 0 Å². The Bertz CT molecular complexity index is 472. The third-order valence-corrected chi connectivity index (χ3v) is 3.22. The van der Waals surface area contributed by atoms with Gasteiger partial charge in [-0.25, -0.2) is 4.79 Å². The molecule has 0 saturated carbocycles. The number of rotatable bonds is 1. The largest absolute Gasteiger partial charge is 0.490 e. The number of benzene rings is 1. The second-order valence-electron chi connectivity index (χ2n) is 4.11. The van der Waals surface area contributed by atoms with E-state index < -0.39 is 12.1 Å². The van der Waals surface area contributed by atoms with Crippen molar-refractivity contribution >= 4 is 34.9 Å². The number of anilines is 1. The topological polar surface area (TPSA) is 52.6 Å². The molecule has 118 valence electrons. The number of nitrogens with zero attached hydrogens (tertiary/aromatic N) is 1. The summed E-state index contributed by atoms with van der Waals surface area (Å²) in [6, 6.07) is 5.63. The predicted octanol–water partition coefficient (Wildman–Crippen LogP) is 3.04. The molecule has 1 heterocycles. The van der Waals surface area contributed by atoms with Crippen LogP contribution in [0.3, 0.4) is 0 Å². The molecule has 0 atom stereocenters. The first kappa shape index (κ1) is 17.9. The Morgan fingerprint density at radius 3 is 2.00 bits per heavy atom. The highest BCUT2D eigenvalue weighted by Crippen LogP contribution is 2.33. The Morgan fingerprint density at radius 2 is 1.62 bits per heavy atom. The molecule has 0 aromatic heterocycles. The smallest absolute Gasteiger partial charge is 0.475 e. The van der Waals surface area contributed by atoms with Crippen LogP contribution in [-0.2, 0) is 4.79 Å². The molecule has 4 nitrogen and oxygen atoms in total. The summed E-state index contributed by atoms with van der Waals surface area (Å²) in [5.74, 6) is -2.76. The van der Waals surface area contributed by atoms with Crippen LogP contribution in [0.1, 0.15) is 0 Å². The summed E-state index contributed by atoms with van der Waals surface area (Å²) in [4.78, 5) is 11.1. The quantitative estimate of drug-likeness (QED) is 0.822. The van der Waals surface area contributed by atoms with E-state index in [4.69, 9.17) is 33.1 Å². The summed E-state index contributed by atoms with van der Waals surface area (Å²) < 4.78 is 31.7. The van der Waals surface area contributed by atoms with Gasteiger partial charge in [-0.1, -0.05) is 29.3 Å². The van der Waals surface area contributed by atoms with Crippen molar-refractivity contribution in [1.82, 2.24) is 5.32 Å². The zero-order valence-electron chi connectivity index (χ0n) is 10.8. The number of nitrogens with one attached hydrogen (secondary N) is 1. The second-order valence-corrected chi connectivity index (χ2v) is 4.92. The van der Waals surface area contributed by atoms with Gasteiger partial charge in [0.25, 0.3) is 0 Å². The van der Waals surface area contributed by atoms with E-state index >= 15 is 0 Å². The zero-order chi connectivity index (χ0) is 16.0. The van der Waals surface area contributed by atoms with Gasteiger partial charge in [0.05, 0.1) is 15.7 Å². The molecule has 0 bridgehead atoms. The third kappa shape index (κ3) is 5.61. The summed E-state index contributed by atoms with van der Waals surface area (Å²) >= 11 is 12.2. The number of carboxylic acid groups (broad SMARTS) is 1. The third-order valence-electron chi connectivity index (χ3n) is 2.61. The van der Waals surface area contributed by atoms with Gasteiger partial charge in [-0.05, 0) is 12.1 Å². The monoisotopic (exact) mass is 344 g/mol. The minimum Gasteiger partial charge on any atom is -0.475 e. The van der Waals surface area contributed by atoms with E-state index in [1.165, 1.54) is 0 Å².